The molecule has 1 aromatic heterocycles. The van der Waals surface area contributed by atoms with Gasteiger partial charge in [-0.2, -0.15) is 5.10 Å². The molecule has 0 saturated heterocycles. The number of methoxy groups -OCH3 is 2. The van der Waals surface area contributed by atoms with E-state index in [1.54, 1.807) is 45.6 Å². The van der Waals surface area contributed by atoms with Gasteiger partial charge < -0.3 is 30.5 Å². The van der Waals surface area contributed by atoms with Gasteiger partial charge in [-0.1, -0.05) is 77.1 Å². The summed E-state index contributed by atoms with van der Waals surface area (Å²) in [5.74, 6) is -1.33. The third-order valence-corrected chi connectivity index (χ3v) is 7.74. The Morgan fingerprint density at radius 3 is 2.06 bits per heavy atom. The zero-order valence-corrected chi connectivity index (χ0v) is 29.0. The number of ether oxygens (including phenoxy) is 2. The van der Waals surface area contributed by atoms with E-state index in [9.17, 15) is 24.3 Å². The summed E-state index contributed by atoms with van der Waals surface area (Å²) in [7, 11) is 2.42. The predicted molar refractivity (Wildman–Crippen MR) is 181 cm³/mol. The molecule has 4 atom stereocenters. The maximum absolute atomic E-state index is 13.7. The van der Waals surface area contributed by atoms with Gasteiger partial charge in [-0.25, -0.2) is 24.3 Å². The first-order valence-electron chi connectivity index (χ1n) is 15.9. The fourth-order valence-corrected chi connectivity index (χ4v) is 5.04. The van der Waals surface area contributed by atoms with Crippen molar-refractivity contribution in [1.82, 2.24) is 41.1 Å². The summed E-state index contributed by atoms with van der Waals surface area (Å²) in [5, 5.41) is 25.5. The van der Waals surface area contributed by atoms with Crippen LogP contribution in [0.3, 0.4) is 0 Å². The Morgan fingerprint density at radius 2 is 1.51 bits per heavy atom. The molecule has 5 N–H and O–H groups in total. The van der Waals surface area contributed by atoms with Gasteiger partial charge in [0.1, 0.15) is 24.7 Å². The van der Waals surface area contributed by atoms with E-state index in [0.29, 0.717) is 0 Å². The summed E-state index contributed by atoms with van der Waals surface area (Å²) in [6.07, 6.45) is 0.513. The van der Waals surface area contributed by atoms with Crippen LogP contribution in [0.25, 0.3) is 5.69 Å². The number of hydrogen-bond donors (Lipinski definition) is 5. The SMILES string of the molecule is COC(=O)N[C@H](C(=O)N[C@@H](Cc1ccccc1)[C@@H](O)CN(Cc1ccc(-n2cncn2)cc1)NC(=O)[C@@H](NC(=O)OC)C(C)(C)C)C(C)C. The molecule has 0 aliphatic rings. The monoisotopic (exact) mass is 680 g/mol. The van der Waals surface area contributed by atoms with Crippen molar-refractivity contribution in [1.29, 1.82) is 0 Å². The highest BCUT2D eigenvalue weighted by Crippen LogP contribution is 2.20. The first-order valence-corrected chi connectivity index (χ1v) is 15.9. The molecule has 3 aromatic rings. The maximum atomic E-state index is 13.7. The second-order valence-corrected chi connectivity index (χ2v) is 13.0. The lowest BCUT2D eigenvalue weighted by Crippen LogP contribution is -2.60. The van der Waals surface area contributed by atoms with E-state index in [2.05, 4.69) is 31.5 Å². The normalized spacial score (nSPS) is 13.9. The second-order valence-electron chi connectivity index (χ2n) is 13.0. The average Bonchev–Trinajstić information content (AvgIpc) is 3.60. The highest BCUT2D eigenvalue weighted by molar-refractivity contribution is 5.86. The fourth-order valence-electron chi connectivity index (χ4n) is 5.04. The van der Waals surface area contributed by atoms with Crippen LogP contribution < -0.4 is 21.4 Å². The zero-order valence-electron chi connectivity index (χ0n) is 29.0. The van der Waals surface area contributed by atoms with Crippen LogP contribution in [0.5, 0.6) is 0 Å². The van der Waals surface area contributed by atoms with Crippen LogP contribution in [-0.4, -0.2) is 93.9 Å². The summed E-state index contributed by atoms with van der Waals surface area (Å²) < 4.78 is 11.1. The van der Waals surface area contributed by atoms with Crippen molar-refractivity contribution in [3.63, 3.8) is 0 Å². The molecule has 0 aliphatic heterocycles. The van der Waals surface area contributed by atoms with Crippen LogP contribution in [-0.2, 0) is 32.0 Å². The van der Waals surface area contributed by atoms with Crippen molar-refractivity contribution in [2.24, 2.45) is 11.3 Å². The highest BCUT2D eigenvalue weighted by atomic mass is 16.5. The molecule has 3 rings (SSSR count). The molecule has 15 heteroatoms. The number of aromatic nitrogens is 3. The molecule has 266 valence electrons. The van der Waals surface area contributed by atoms with Gasteiger partial charge in [-0.05, 0) is 41.0 Å². The molecule has 49 heavy (non-hydrogen) atoms. The Bertz CT molecular complexity index is 1490. The van der Waals surface area contributed by atoms with E-state index in [1.807, 2.05) is 54.6 Å². The van der Waals surface area contributed by atoms with Crippen LogP contribution in [0.4, 0.5) is 9.59 Å². The van der Waals surface area contributed by atoms with Gasteiger partial charge in [0, 0.05) is 13.1 Å². The number of aliphatic hydroxyl groups excluding tert-OH is 1. The molecule has 0 bridgehead atoms. The Kier molecular flexibility index (Phi) is 14.1. The smallest absolute Gasteiger partial charge is 0.407 e. The summed E-state index contributed by atoms with van der Waals surface area (Å²) in [6, 6.07) is 13.9. The molecule has 0 fully saturated rings. The minimum atomic E-state index is -1.22. The van der Waals surface area contributed by atoms with E-state index in [0.717, 1.165) is 16.8 Å². The molecule has 2 aromatic carbocycles. The Balaban J connectivity index is 1.92. The first kappa shape index (κ1) is 38.4. The van der Waals surface area contributed by atoms with Crippen LogP contribution in [0.1, 0.15) is 45.7 Å². The van der Waals surface area contributed by atoms with Crippen molar-refractivity contribution in [3.05, 3.63) is 78.4 Å². The molecule has 0 saturated carbocycles. The fraction of sp³-hybridized carbons (Fsp3) is 0.471. The molecule has 0 radical (unpaired) electrons. The van der Waals surface area contributed by atoms with Crippen LogP contribution in [0, 0.1) is 11.3 Å². The number of carbonyl (C=O) groups excluding carboxylic acids is 4. The topological polar surface area (TPSA) is 189 Å². The number of hydrogen-bond acceptors (Lipinski definition) is 10. The van der Waals surface area contributed by atoms with E-state index >= 15 is 0 Å². The molecule has 0 spiro atoms. The van der Waals surface area contributed by atoms with E-state index in [1.165, 1.54) is 25.6 Å². The zero-order chi connectivity index (χ0) is 36.1. The number of aliphatic hydroxyl groups is 1. The van der Waals surface area contributed by atoms with Crippen molar-refractivity contribution in [2.75, 3.05) is 20.8 Å². The van der Waals surface area contributed by atoms with Gasteiger partial charge in [0.15, 0.2) is 0 Å². The molecule has 4 amide bonds. The summed E-state index contributed by atoms with van der Waals surface area (Å²) >= 11 is 0. The molecular weight excluding hydrogens is 632 g/mol. The molecule has 1 heterocycles. The molecule has 0 unspecified atom stereocenters. The van der Waals surface area contributed by atoms with Gasteiger partial charge in [-0.3, -0.25) is 15.0 Å². The highest BCUT2D eigenvalue weighted by Gasteiger charge is 2.35. The standard InChI is InChI=1S/C34H48N8O7/c1-22(2)28(38-32(46)48-6)30(44)37-26(17-23-11-9-8-10-12-23)27(43)19-41(40-31(45)29(34(3,4)5)39-33(47)49-7)18-24-13-15-25(16-14-24)42-21-35-20-36-42/h8-16,20-22,26-29,43H,17-19H2,1-7H3,(H,37,44)(H,38,46)(H,39,47)(H,40,45)/t26-,27-,28-,29+/m0/s1. The Labute approximate surface area is 286 Å². The summed E-state index contributed by atoms with van der Waals surface area (Å²) in [4.78, 5) is 55.4. The number of nitrogens with one attached hydrogen (secondary N) is 4. The van der Waals surface area contributed by atoms with E-state index in [-0.39, 0.29) is 25.4 Å². The lowest BCUT2D eigenvalue weighted by Gasteiger charge is -2.35. The molecule has 0 aliphatic carbocycles. The van der Waals surface area contributed by atoms with Gasteiger partial charge in [0.05, 0.1) is 32.1 Å². The average molecular weight is 681 g/mol. The number of nitrogens with zero attached hydrogens (tertiary/aromatic N) is 4. The Morgan fingerprint density at radius 1 is 0.878 bits per heavy atom. The second kappa shape index (κ2) is 17.9. The third-order valence-electron chi connectivity index (χ3n) is 7.74. The quantitative estimate of drug-likeness (QED) is 0.149. The van der Waals surface area contributed by atoms with Gasteiger partial charge in [0.2, 0.25) is 5.91 Å². The minimum absolute atomic E-state index is 0.125. The largest absolute Gasteiger partial charge is 0.453 e. The minimum Gasteiger partial charge on any atom is -0.453 e. The van der Waals surface area contributed by atoms with Crippen LogP contribution in [0.2, 0.25) is 0 Å². The van der Waals surface area contributed by atoms with Crippen LogP contribution in [0.15, 0.2) is 67.3 Å². The van der Waals surface area contributed by atoms with Crippen molar-refractivity contribution >= 4 is 24.0 Å². The third kappa shape index (κ3) is 11.9. The summed E-state index contributed by atoms with van der Waals surface area (Å²) in [5.41, 5.74) is 4.58. The molecule has 15 nitrogen and oxygen atoms in total. The van der Waals surface area contributed by atoms with Crippen LogP contribution >= 0.6 is 0 Å². The first-order chi connectivity index (χ1) is 23.2. The number of amides is 4. The van der Waals surface area contributed by atoms with Crippen molar-refractivity contribution in [2.45, 2.75) is 71.8 Å². The van der Waals surface area contributed by atoms with E-state index in [4.69, 9.17) is 9.47 Å². The summed E-state index contributed by atoms with van der Waals surface area (Å²) in [6.45, 7) is 8.99. The lowest BCUT2D eigenvalue weighted by atomic mass is 9.86. The lowest BCUT2D eigenvalue weighted by molar-refractivity contribution is -0.132. The van der Waals surface area contributed by atoms with Crippen molar-refractivity contribution < 1.29 is 33.8 Å². The molecular formula is C34H48N8O7. The Hall–Kier alpha value is -5.02. The number of alkyl carbamates (subject to hydrolysis) is 2. The maximum Gasteiger partial charge on any atom is 0.407 e. The van der Waals surface area contributed by atoms with Gasteiger partial charge >= 0.3 is 12.2 Å². The van der Waals surface area contributed by atoms with Gasteiger partial charge in [-0.15, -0.1) is 0 Å². The van der Waals surface area contributed by atoms with E-state index < -0.39 is 53.6 Å². The predicted octanol–water partition coefficient (Wildman–Crippen LogP) is 2.34. The van der Waals surface area contributed by atoms with Crippen molar-refractivity contribution in [3.8, 4) is 5.69 Å². The number of benzene rings is 2. The number of carbonyl (C=O) groups is 4. The number of hydrazine groups is 1. The number of rotatable bonds is 15. The van der Waals surface area contributed by atoms with Gasteiger partial charge in [0.25, 0.3) is 5.91 Å².